The highest BCUT2D eigenvalue weighted by molar-refractivity contribution is 6.30. The van der Waals surface area contributed by atoms with Crippen LogP contribution < -0.4 is 10.2 Å². The minimum Gasteiger partial charge on any atom is -0.418 e. The Balaban J connectivity index is 1.36. The molecule has 0 atom stereocenters. The third-order valence-electron chi connectivity index (χ3n) is 4.67. The van der Waals surface area contributed by atoms with Gasteiger partial charge in [0.05, 0.1) is 6.20 Å². The van der Waals surface area contributed by atoms with Gasteiger partial charge >= 0.3 is 12.0 Å². The number of nitrogens with one attached hydrogen (secondary N) is 1. The molecule has 0 unspecified atom stereocenters. The van der Waals surface area contributed by atoms with Gasteiger partial charge < -0.3 is 14.6 Å². The summed E-state index contributed by atoms with van der Waals surface area (Å²) in [7, 11) is 0. The lowest BCUT2D eigenvalue weighted by Gasteiger charge is -2.16. The highest BCUT2D eigenvalue weighted by Gasteiger charge is 2.33. The van der Waals surface area contributed by atoms with Crippen molar-refractivity contribution in [3.8, 4) is 0 Å². The van der Waals surface area contributed by atoms with Crippen LogP contribution in [-0.4, -0.2) is 34.9 Å². The van der Waals surface area contributed by atoms with Crippen molar-refractivity contribution >= 4 is 41.2 Å². The quantitative estimate of drug-likeness (QED) is 0.612. The predicted molar refractivity (Wildman–Crippen MR) is 114 cm³/mol. The van der Waals surface area contributed by atoms with E-state index >= 15 is 0 Å². The van der Waals surface area contributed by atoms with Crippen molar-refractivity contribution in [1.82, 2.24) is 15.2 Å². The van der Waals surface area contributed by atoms with Crippen molar-refractivity contribution in [1.29, 1.82) is 0 Å². The zero-order chi connectivity index (χ0) is 21.1. The van der Waals surface area contributed by atoms with Gasteiger partial charge in [0.15, 0.2) is 0 Å². The van der Waals surface area contributed by atoms with Crippen LogP contribution >= 0.6 is 23.2 Å². The Bertz CT molecular complexity index is 1070. The maximum absolute atomic E-state index is 12.7. The van der Waals surface area contributed by atoms with E-state index in [1.807, 2.05) is 24.3 Å². The topological polar surface area (TPSA) is 78.7 Å². The molecule has 1 aliphatic heterocycles. The molecule has 1 saturated heterocycles. The third-order valence-corrected chi connectivity index (χ3v) is 5.16. The molecule has 1 aromatic heterocycles. The molecule has 154 valence electrons. The summed E-state index contributed by atoms with van der Waals surface area (Å²) >= 11 is 11.9. The molecule has 0 spiro atoms. The Labute approximate surface area is 183 Å². The number of nitrogens with zero attached hydrogens (tertiary/aromatic N) is 3. The van der Waals surface area contributed by atoms with E-state index in [-0.39, 0.29) is 17.8 Å². The Kier molecular flexibility index (Phi) is 5.92. The van der Waals surface area contributed by atoms with Crippen LogP contribution in [0.15, 0.2) is 59.1 Å². The van der Waals surface area contributed by atoms with Gasteiger partial charge in [-0.1, -0.05) is 47.5 Å². The molecule has 1 aliphatic rings. The second kappa shape index (κ2) is 8.77. The number of urea groups is 1. The van der Waals surface area contributed by atoms with Gasteiger partial charge in [-0.05, 0) is 35.4 Å². The second-order valence-electron chi connectivity index (χ2n) is 6.80. The molecule has 30 heavy (non-hydrogen) atoms. The SMILES string of the molecule is O=C(NCc1cccc(Cl)c1)c1cnc(N2CCN(Cc3ccc(Cl)cc3)C2=O)o1. The van der Waals surface area contributed by atoms with Gasteiger partial charge in [0.25, 0.3) is 5.91 Å². The second-order valence-corrected chi connectivity index (χ2v) is 7.67. The van der Waals surface area contributed by atoms with Gasteiger partial charge in [-0.2, -0.15) is 0 Å². The third kappa shape index (κ3) is 4.58. The van der Waals surface area contributed by atoms with E-state index in [1.165, 1.54) is 11.1 Å². The van der Waals surface area contributed by atoms with Gasteiger partial charge in [0.2, 0.25) is 5.76 Å². The minimum atomic E-state index is -0.418. The van der Waals surface area contributed by atoms with E-state index < -0.39 is 5.91 Å². The van der Waals surface area contributed by atoms with E-state index in [0.29, 0.717) is 36.2 Å². The number of benzene rings is 2. The highest BCUT2D eigenvalue weighted by Crippen LogP contribution is 2.22. The molecule has 2 aromatic carbocycles. The molecule has 3 aromatic rings. The van der Waals surface area contributed by atoms with Gasteiger partial charge in [-0.3, -0.25) is 4.79 Å². The van der Waals surface area contributed by atoms with Crippen LogP contribution in [0.3, 0.4) is 0 Å². The first-order valence-electron chi connectivity index (χ1n) is 9.29. The molecule has 3 amide bonds. The van der Waals surface area contributed by atoms with Crippen LogP contribution in [0.4, 0.5) is 10.8 Å². The number of rotatable bonds is 6. The summed E-state index contributed by atoms with van der Waals surface area (Å²) in [5.41, 5.74) is 1.84. The van der Waals surface area contributed by atoms with E-state index in [0.717, 1.165) is 11.1 Å². The molecule has 0 saturated carbocycles. The van der Waals surface area contributed by atoms with Crippen molar-refractivity contribution < 1.29 is 14.0 Å². The number of carbonyl (C=O) groups is 2. The first-order valence-corrected chi connectivity index (χ1v) is 10.0. The number of carbonyl (C=O) groups excluding carboxylic acids is 2. The van der Waals surface area contributed by atoms with Crippen molar-refractivity contribution in [2.45, 2.75) is 13.1 Å². The zero-order valence-corrected chi connectivity index (χ0v) is 17.4. The molecule has 1 fully saturated rings. The van der Waals surface area contributed by atoms with E-state index in [4.69, 9.17) is 27.6 Å². The highest BCUT2D eigenvalue weighted by atomic mass is 35.5. The van der Waals surface area contributed by atoms with E-state index in [1.54, 1.807) is 29.2 Å². The normalized spacial score (nSPS) is 13.7. The average Bonchev–Trinajstić information content (AvgIpc) is 3.35. The molecule has 7 nitrogen and oxygen atoms in total. The van der Waals surface area contributed by atoms with Gasteiger partial charge in [0, 0.05) is 36.2 Å². The van der Waals surface area contributed by atoms with Gasteiger partial charge in [-0.25, -0.2) is 14.7 Å². The van der Waals surface area contributed by atoms with Crippen molar-refractivity contribution in [2.75, 3.05) is 18.0 Å². The van der Waals surface area contributed by atoms with Gasteiger partial charge in [-0.15, -0.1) is 0 Å². The zero-order valence-electron chi connectivity index (χ0n) is 15.8. The van der Waals surface area contributed by atoms with Crippen LogP contribution in [0.5, 0.6) is 0 Å². The van der Waals surface area contributed by atoms with Crippen LogP contribution in [-0.2, 0) is 13.1 Å². The molecule has 0 aliphatic carbocycles. The number of hydrogen-bond donors (Lipinski definition) is 1. The van der Waals surface area contributed by atoms with E-state index in [2.05, 4.69) is 10.3 Å². The molecule has 4 rings (SSSR count). The maximum Gasteiger partial charge on any atom is 0.328 e. The summed E-state index contributed by atoms with van der Waals surface area (Å²) in [6.07, 6.45) is 1.32. The Morgan fingerprint density at radius 1 is 1.07 bits per heavy atom. The summed E-state index contributed by atoms with van der Waals surface area (Å²) in [6, 6.07) is 14.4. The van der Waals surface area contributed by atoms with Gasteiger partial charge in [0.1, 0.15) is 0 Å². The number of oxazole rings is 1. The maximum atomic E-state index is 12.7. The number of anilines is 1. The largest absolute Gasteiger partial charge is 0.418 e. The number of hydrogen-bond acceptors (Lipinski definition) is 4. The summed E-state index contributed by atoms with van der Waals surface area (Å²) in [5.74, 6) is -0.380. The summed E-state index contributed by atoms with van der Waals surface area (Å²) in [6.45, 7) is 1.71. The number of amides is 3. The van der Waals surface area contributed by atoms with Crippen molar-refractivity contribution in [2.24, 2.45) is 0 Å². The first kappa shape index (κ1) is 20.3. The molecule has 0 radical (unpaired) electrons. The van der Waals surface area contributed by atoms with Crippen LogP contribution in [0.1, 0.15) is 21.7 Å². The fourth-order valence-corrected chi connectivity index (χ4v) is 3.47. The summed E-state index contributed by atoms with van der Waals surface area (Å²) in [5, 5.41) is 3.99. The standard InChI is InChI=1S/C21H18Cl2N4O3/c22-16-6-4-14(5-7-16)13-26-8-9-27(21(26)29)20-25-12-18(30-20)19(28)24-11-15-2-1-3-17(23)10-15/h1-7,10,12H,8-9,11,13H2,(H,24,28). The minimum absolute atomic E-state index is 0.0379. The number of halogens is 2. The first-order chi connectivity index (χ1) is 14.5. The monoisotopic (exact) mass is 444 g/mol. The molecule has 2 heterocycles. The van der Waals surface area contributed by atoms with Crippen LogP contribution in [0.2, 0.25) is 10.0 Å². The lowest BCUT2D eigenvalue weighted by atomic mass is 10.2. The van der Waals surface area contributed by atoms with Crippen LogP contribution in [0.25, 0.3) is 0 Å². The lowest BCUT2D eigenvalue weighted by Crippen LogP contribution is -2.31. The summed E-state index contributed by atoms with van der Waals surface area (Å²) in [4.78, 5) is 32.3. The van der Waals surface area contributed by atoms with Crippen LogP contribution in [0, 0.1) is 0 Å². The lowest BCUT2D eigenvalue weighted by molar-refractivity contribution is 0.0923. The van der Waals surface area contributed by atoms with Crippen molar-refractivity contribution in [3.05, 3.63) is 81.7 Å². The molecule has 9 heteroatoms. The molecule has 1 N–H and O–H groups in total. The Hall–Kier alpha value is -3.03. The average molecular weight is 445 g/mol. The molecular formula is C21H18Cl2N4O3. The molecular weight excluding hydrogens is 427 g/mol. The Morgan fingerprint density at radius 3 is 2.63 bits per heavy atom. The van der Waals surface area contributed by atoms with Crippen molar-refractivity contribution in [3.63, 3.8) is 0 Å². The van der Waals surface area contributed by atoms with E-state index in [9.17, 15) is 9.59 Å². The smallest absolute Gasteiger partial charge is 0.328 e. The fourth-order valence-electron chi connectivity index (χ4n) is 3.13. The fraction of sp³-hybridized carbons (Fsp3) is 0.190. The number of aromatic nitrogens is 1. The predicted octanol–water partition coefficient (Wildman–Crippen LogP) is 4.35. The summed E-state index contributed by atoms with van der Waals surface area (Å²) < 4.78 is 5.54. The Morgan fingerprint density at radius 2 is 1.87 bits per heavy atom. The molecule has 0 bridgehead atoms.